The second-order valence-corrected chi connectivity index (χ2v) is 12.7. The summed E-state index contributed by atoms with van der Waals surface area (Å²) in [6.45, 7) is 0. The number of hydrogen-bond donors (Lipinski definition) is 1. The number of hydrogen-bond acceptors (Lipinski definition) is 6. The van der Waals surface area contributed by atoms with E-state index in [1.807, 2.05) is 17.5 Å². The molecule has 34 heavy (non-hydrogen) atoms. The number of carbonyl (C=O) groups is 2. The predicted octanol–water partition coefficient (Wildman–Crippen LogP) is 5.77. The second-order valence-electron chi connectivity index (χ2n) is 10.1. The molecule has 1 aromatic carbocycles. The molecule has 4 aliphatic carbocycles. The van der Waals surface area contributed by atoms with E-state index in [4.69, 9.17) is 17.0 Å². The zero-order chi connectivity index (χ0) is 23.4. The van der Waals surface area contributed by atoms with Crippen LogP contribution >= 0.6 is 35.3 Å². The molecule has 1 aliphatic heterocycles. The monoisotopic (exact) mass is 510 g/mol. The largest absolute Gasteiger partial charge is 0.496 e. The molecule has 1 saturated heterocycles. The van der Waals surface area contributed by atoms with Crippen molar-refractivity contribution >= 4 is 57.5 Å². The van der Waals surface area contributed by atoms with Gasteiger partial charge >= 0.3 is 0 Å². The first kappa shape index (κ1) is 22.3. The van der Waals surface area contributed by atoms with Gasteiger partial charge in [0.05, 0.1) is 16.9 Å². The van der Waals surface area contributed by atoms with Gasteiger partial charge < -0.3 is 4.74 Å². The van der Waals surface area contributed by atoms with E-state index in [0.717, 1.165) is 29.1 Å². The molecule has 2 heterocycles. The van der Waals surface area contributed by atoms with E-state index >= 15 is 0 Å². The second kappa shape index (κ2) is 8.50. The van der Waals surface area contributed by atoms with E-state index in [1.54, 1.807) is 19.2 Å². The molecule has 0 spiro atoms. The maximum Gasteiger partial charge on any atom is 0.285 e. The normalized spacial score (nSPS) is 30.9. The number of hydrazine groups is 1. The van der Waals surface area contributed by atoms with Crippen LogP contribution in [0.3, 0.4) is 0 Å². The van der Waals surface area contributed by atoms with Gasteiger partial charge in [0.2, 0.25) is 0 Å². The summed E-state index contributed by atoms with van der Waals surface area (Å²) in [6.07, 6.45) is 9.91. The van der Waals surface area contributed by atoms with Crippen LogP contribution in [0.5, 0.6) is 5.75 Å². The third-order valence-corrected chi connectivity index (χ3v) is 10.1. The van der Waals surface area contributed by atoms with Crippen molar-refractivity contribution in [1.82, 2.24) is 10.4 Å². The highest BCUT2D eigenvalue weighted by atomic mass is 32.2. The average Bonchev–Trinajstić information content (AvgIpc) is 3.43. The quantitative estimate of drug-likeness (QED) is 0.409. The molecule has 5 fully saturated rings. The summed E-state index contributed by atoms with van der Waals surface area (Å²) in [4.78, 5) is 26.6. The zero-order valence-electron chi connectivity index (χ0n) is 18.9. The summed E-state index contributed by atoms with van der Waals surface area (Å²) in [5.74, 6) is 2.66. The van der Waals surface area contributed by atoms with Gasteiger partial charge in [-0.3, -0.25) is 15.0 Å². The van der Waals surface area contributed by atoms with Crippen LogP contribution in [0.25, 0.3) is 6.08 Å². The molecule has 0 unspecified atom stereocenters. The summed E-state index contributed by atoms with van der Waals surface area (Å²) in [6, 6.07) is 10.0. The van der Waals surface area contributed by atoms with Crippen LogP contribution in [-0.2, 0) is 10.2 Å². The molecular weight excluding hydrogens is 484 g/mol. The first-order chi connectivity index (χ1) is 16.4. The number of thiocarbonyl (C=S) groups is 1. The van der Waals surface area contributed by atoms with Crippen molar-refractivity contribution in [2.45, 2.75) is 43.9 Å². The van der Waals surface area contributed by atoms with Crippen LogP contribution in [0.2, 0.25) is 0 Å². The van der Waals surface area contributed by atoms with Crippen molar-refractivity contribution in [3.05, 3.63) is 56.6 Å². The summed E-state index contributed by atoms with van der Waals surface area (Å²) in [5.41, 5.74) is 5.17. The number of thiophene rings is 1. The van der Waals surface area contributed by atoms with Crippen LogP contribution in [0.4, 0.5) is 0 Å². The van der Waals surface area contributed by atoms with Crippen molar-refractivity contribution < 1.29 is 14.3 Å². The van der Waals surface area contributed by atoms with Crippen molar-refractivity contribution in [2.24, 2.45) is 17.8 Å². The maximum atomic E-state index is 13.1. The Morgan fingerprint density at radius 3 is 2.50 bits per heavy atom. The fraction of sp³-hybridized carbons (Fsp3) is 0.423. The highest BCUT2D eigenvalue weighted by Crippen LogP contribution is 2.61. The van der Waals surface area contributed by atoms with Gasteiger partial charge in [0.25, 0.3) is 11.8 Å². The molecule has 0 atom stereocenters. The Labute approximate surface area is 212 Å². The Hall–Kier alpha value is -2.16. The van der Waals surface area contributed by atoms with E-state index < -0.39 is 0 Å². The smallest absolute Gasteiger partial charge is 0.285 e. The van der Waals surface area contributed by atoms with Crippen molar-refractivity contribution in [2.75, 3.05) is 7.11 Å². The Balaban J connectivity index is 1.29. The fourth-order valence-corrected chi connectivity index (χ4v) is 8.69. The van der Waals surface area contributed by atoms with Crippen molar-refractivity contribution in [1.29, 1.82) is 0 Å². The molecule has 2 aromatic rings. The minimum Gasteiger partial charge on any atom is -0.496 e. The molecule has 1 aromatic heterocycles. The van der Waals surface area contributed by atoms with Crippen LogP contribution in [-0.4, -0.2) is 28.3 Å². The number of rotatable bonds is 5. The molecule has 4 bridgehead atoms. The lowest BCUT2D eigenvalue weighted by atomic mass is 9.48. The predicted molar refractivity (Wildman–Crippen MR) is 140 cm³/mol. The summed E-state index contributed by atoms with van der Waals surface area (Å²) >= 11 is 7.93. The first-order valence-electron chi connectivity index (χ1n) is 11.7. The highest BCUT2D eigenvalue weighted by molar-refractivity contribution is 8.26. The summed E-state index contributed by atoms with van der Waals surface area (Å²) in [7, 11) is 1.66. The van der Waals surface area contributed by atoms with Gasteiger partial charge in [0, 0.05) is 5.56 Å². The lowest BCUT2D eigenvalue weighted by Crippen LogP contribution is -2.48. The Morgan fingerprint density at radius 2 is 1.88 bits per heavy atom. The number of carbonyl (C=O) groups excluding carboxylic acids is 2. The molecule has 7 rings (SSSR count). The van der Waals surface area contributed by atoms with E-state index in [9.17, 15) is 9.59 Å². The van der Waals surface area contributed by atoms with Gasteiger partial charge in [0.15, 0.2) is 4.32 Å². The zero-order valence-corrected chi connectivity index (χ0v) is 21.4. The van der Waals surface area contributed by atoms with E-state index in [2.05, 4.69) is 17.6 Å². The number of nitrogens with zero attached hydrogens (tertiary/aromatic N) is 1. The Bertz CT molecular complexity index is 1170. The van der Waals surface area contributed by atoms with Crippen LogP contribution in [0.15, 0.2) is 40.6 Å². The fourth-order valence-electron chi connectivity index (χ4n) is 6.91. The number of benzene rings is 1. The standard InChI is InChI=1S/C26H26N2O3S3/c1-31-20-5-4-19(26-12-15-7-16(13-26)9-17(8-15)14-26)10-18(20)11-22-24(30)28(25(32)34-22)27-23(29)21-3-2-6-33-21/h2-6,10-11,15-17H,7-9,12-14H2,1H3,(H,27,29)/b22-11+. The van der Waals surface area contributed by atoms with Gasteiger partial charge in [-0.1, -0.05) is 23.9 Å². The van der Waals surface area contributed by atoms with Crippen LogP contribution < -0.4 is 10.2 Å². The highest BCUT2D eigenvalue weighted by Gasteiger charge is 2.51. The van der Waals surface area contributed by atoms with Gasteiger partial charge in [-0.05, 0) is 109 Å². The van der Waals surface area contributed by atoms with Gasteiger partial charge in [-0.2, -0.15) is 5.01 Å². The lowest BCUT2D eigenvalue weighted by Gasteiger charge is -2.57. The number of nitrogens with one attached hydrogen (secondary N) is 1. The Kier molecular flexibility index (Phi) is 5.58. The SMILES string of the molecule is COc1ccc(C23CC4CC(CC(C4)C2)C3)cc1/C=C1/SC(=S)N(NC(=O)c2cccs2)C1=O. The van der Waals surface area contributed by atoms with Gasteiger partial charge in [0.1, 0.15) is 5.75 Å². The van der Waals surface area contributed by atoms with Gasteiger partial charge in [-0.15, -0.1) is 11.3 Å². The molecule has 8 heteroatoms. The van der Waals surface area contributed by atoms with E-state index in [1.165, 1.54) is 72.2 Å². The minimum atomic E-state index is -0.339. The molecule has 0 radical (unpaired) electrons. The maximum absolute atomic E-state index is 13.1. The van der Waals surface area contributed by atoms with Crippen molar-refractivity contribution in [3.63, 3.8) is 0 Å². The van der Waals surface area contributed by atoms with E-state index in [0.29, 0.717) is 14.1 Å². The molecule has 176 valence electrons. The van der Waals surface area contributed by atoms with Crippen LogP contribution in [0, 0.1) is 17.8 Å². The average molecular weight is 511 g/mol. The minimum absolute atomic E-state index is 0.261. The molecule has 5 aliphatic rings. The number of methoxy groups -OCH3 is 1. The Morgan fingerprint density at radius 1 is 1.18 bits per heavy atom. The van der Waals surface area contributed by atoms with E-state index in [-0.39, 0.29) is 17.2 Å². The molecular formula is C26H26N2O3S3. The van der Waals surface area contributed by atoms with Crippen molar-refractivity contribution in [3.8, 4) is 5.75 Å². The lowest BCUT2D eigenvalue weighted by molar-refractivity contribution is -0.123. The number of amides is 2. The number of ether oxygens (including phenoxy) is 1. The van der Waals surface area contributed by atoms with Gasteiger partial charge in [-0.25, -0.2) is 0 Å². The third-order valence-electron chi connectivity index (χ3n) is 7.92. The molecule has 2 amide bonds. The van der Waals surface area contributed by atoms with Crippen LogP contribution in [0.1, 0.15) is 59.3 Å². The topological polar surface area (TPSA) is 58.6 Å². The molecule has 1 N–H and O–H groups in total. The third kappa shape index (κ3) is 3.80. The molecule has 4 saturated carbocycles. The number of thioether (sulfide) groups is 1. The summed E-state index contributed by atoms with van der Waals surface area (Å²) in [5, 5.41) is 2.99. The first-order valence-corrected chi connectivity index (χ1v) is 13.9. The summed E-state index contributed by atoms with van der Waals surface area (Å²) < 4.78 is 5.97. The molecule has 5 nitrogen and oxygen atoms in total.